The zero-order valence-corrected chi connectivity index (χ0v) is 5.74. The summed E-state index contributed by atoms with van der Waals surface area (Å²) in [7, 11) is 0. The number of hydrogen-bond donors (Lipinski definition) is 2. The number of rotatable bonds is 1. The first-order chi connectivity index (χ1) is 4.34. The number of nitrogens with one attached hydrogen (secondary N) is 1. The van der Waals surface area contributed by atoms with Crippen LogP contribution < -0.4 is 5.73 Å². The quantitative estimate of drug-likeness (QED) is 0.575. The standard InChI is InChI=1S/C6H8N2S/c7-4-5-2-1-3-8-6(5)9/h1-3H,4,7H2,(H,8,9). The molecule has 3 N–H and O–H groups in total. The molecule has 1 aromatic heterocycles. The van der Waals surface area contributed by atoms with E-state index < -0.39 is 0 Å². The molecule has 1 heterocycles. The molecule has 0 radical (unpaired) electrons. The predicted molar refractivity (Wildman–Crippen MR) is 39.5 cm³/mol. The molecule has 0 unspecified atom stereocenters. The second kappa shape index (κ2) is 2.75. The molecule has 1 aromatic rings. The Hall–Kier alpha value is -0.670. The van der Waals surface area contributed by atoms with E-state index in [1.165, 1.54) is 0 Å². The fourth-order valence-electron chi connectivity index (χ4n) is 0.617. The summed E-state index contributed by atoms with van der Waals surface area (Å²) in [4.78, 5) is 2.89. The Morgan fingerprint density at radius 3 is 2.89 bits per heavy atom. The molecule has 0 amide bonds. The molecule has 2 nitrogen and oxygen atoms in total. The molecule has 0 aromatic carbocycles. The van der Waals surface area contributed by atoms with Crippen LogP contribution >= 0.6 is 12.2 Å². The van der Waals surface area contributed by atoms with Gasteiger partial charge in [0.25, 0.3) is 0 Å². The first kappa shape index (κ1) is 6.45. The third-order valence-corrected chi connectivity index (χ3v) is 1.50. The lowest BCUT2D eigenvalue weighted by molar-refractivity contribution is 1.04. The molecule has 3 heteroatoms. The van der Waals surface area contributed by atoms with Crippen LogP contribution in [0.15, 0.2) is 18.3 Å². The van der Waals surface area contributed by atoms with E-state index in [2.05, 4.69) is 4.98 Å². The molecular formula is C6H8N2S. The lowest BCUT2D eigenvalue weighted by Gasteiger charge is -1.92. The maximum atomic E-state index is 5.36. The Labute approximate surface area is 58.7 Å². The second-order valence-corrected chi connectivity index (χ2v) is 2.14. The smallest absolute Gasteiger partial charge is 0.107 e. The van der Waals surface area contributed by atoms with Gasteiger partial charge in [-0.3, -0.25) is 0 Å². The topological polar surface area (TPSA) is 41.8 Å². The average molecular weight is 140 g/mol. The van der Waals surface area contributed by atoms with Crippen molar-refractivity contribution in [2.45, 2.75) is 6.54 Å². The minimum Gasteiger partial charge on any atom is -0.353 e. The van der Waals surface area contributed by atoms with Crippen molar-refractivity contribution in [2.75, 3.05) is 0 Å². The van der Waals surface area contributed by atoms with Crippen LogP contribution in [0.2, 0.25) is 0 Å². The lowest BCUT2D eigenvalue weighted by Crippen LogP contribution is -1.97. The molecule has 0 bridgehead atoms. The van der Waals surface area contributed by atoms with Crippen molar-refractivity contribution in [3.8, 4) is 0 Å². The molecule has 0 aliphatic carbocycles. The van der Waals surface area contributed by atoms with E-state index in [-0.39, 0.29) is 0 Å². The number of nitrogens with two attached hydrogens (primary N) is 1. The van der Waals surface area contributed by atoms with Crippen LogP contribution in [0, 0.1) is 4.64 Å². The van der Waals surface area contributed by atoms with E-state index in [4.69, 9.17) is 18.0 Å². The summed E-state index contributed by atoms with van der Waals surface area (Å²) < 4.78 is 0.736. The summed E-state index contributed by atoms with van der Waals surface area (Å²) in [5, 5.41) is 0. The highest BCUT2D eigenvalue weighted by atomic mass is 32.1. The van der Waals surface area contributed by atoms with Gasteiger partial charge >= 0.3 is 0 Å². The number of pyridine rings is 1. The molecular weight excluding hydrogens is 132 g/mol. The van der Waals surface area contributed by atoms with Gasteiger partial charge in [-0.05, 0) is 6.07 Å². The van der Waals surface area contributed by atoms with Gasteiger partial charge in [0, 0.05) is 18.3 Å². The Morgan fingerprint density at radius 1 is 1.67 bits per heavy atom. The SMILES string of the molecule is NCc1ccc[nH]c1=S. The Morgan fingerprint density at radius 2 is 2.44 bits per heavy atom. The van der Waals surface area contributed by atoms with Crippen molar-refractivity contribution in [3.05, 3.63) is 28.5 Å². The van der Waals surface area contributed by atoms with Crippen LogP contribution in [0.3, 0.4) is 0 Å². The highest BCUT2D eigenvalue weighted by Crippen LogP contribution is 1.95. The van der Waals surface area contributed by atoms with Crippen LogP contribution in [-0.4, -0.2) is 4.98 Å². The molecule has 0 saturated carbocycles. The second-order valence-electron chi connectivity index (χ2n) is 1.73. The molecule has 0 aliphatic rings. The maximum Gasteiger partial charge on any atom is 0.107 e. The van der Waals surface area contributed by atoms with Gasteiger partial charge in [0.05, 0.1) is 0 Å². The van der Waals surface area contributed by atoms with Crippen LogP contribution in [0.4, 0.5) is 0 Å². The zero-order valence-electron chi connectivity index (χ0n) is 4.92. The minimum absolute atomic E-state index is 0.510. The third-order valence-electron chi connectivity index (χ3n) is 1.12. The van der Waals surface area contributed by atoms with Gasteiger partial charge in [-0.15, -0.1) is 0 Å². The highest BCUT2D eigenvalue weighted by Gasteiger charge is 1.86. The van der Waals surface area contributed by atoms with Crippen LogP contribution in [0.25, 0.3) is 0 Å². The number of aromatic nitrogens is 1. The van der Waals surface area contributed by atoms with E-state index in [9.17, 15) is 0 Å². The van der Waals surface area contributed by atoms with E-state index in [0.29, 0.717) is 6.54 Å². The van der Waals surface area contributed by atoms with Crippen LogP contribution in [0.1, 0.15) is 5.56 Å². The van der Waals surface area contributed by atoms with Crippen molar-refractivity contribution in [1.29, 1.82) is 0 Å². The van der Waals surface area contributed by atoms with Crippen molar-refractivity contribution in [2.24, 2.45) is 5.73 Å². The Bertz CT molecular complexity index is 241. The molecule has 0 saturated heterocycles. The number of aromatic amines is 1. The maximum absolute atomic E-state index is 5.36. The molecule has 0 fully saturated rings. The Kier molecular flexibility index (Phi) is 1.97. The van der Waals surface area contributed by atoms with Crippen LogP contribution in [0.5, 0.6) is 0 Å². The van der Waals surface area contributed by atoms with Crippen LogP contribution in [-0.2, 0) is 6.54 Å². The normalized spacial score (nSPS) is 9.44. The van der Waals surface area contributed by atoms with E-state index in [1.54, 1.807) is 6.20 Å². The summed E-state index contributed by atoms with van der Waals surface area (Å²) >= 11 is 4.92. The van der Waals surface area contributed by atoms with Crippen molar-refractivity contribution in [1.82, 2.24) is 4.98 Å². The number of hydrogen-bond acceptors (Lipinski definition) is 2. The molecule has 1 rings (SSSR count). The highest BCUT2D eigenvalue weighted by molar-refractivity contribution is 7.71. The summed E-state index contributed by atoms with van der Waals surface area (Å²) in [6.45, 7) is 0.510. The molecule has 0 aliphatic heterocycles. The van der Waals surface area contributed by atoms with Crippen molar-refractivity contribution >= 4 is 12.2 Å². The summed E-state index contributed by atoms with van der Waals surface area (Å²) in [5.74, 6) is 0. The van der Waals surface area contributed by atoms with E-state index in [1.807, 2.05) is 12.1 Å². The van der Waals surface area contributed by atoms with Gasteiger partial charge in [0.15, 0.2) is 0 Å². The van der Waals surface area contributed by atoms with Gasteiger partial charge < -0.3 is 10.7 Å². The zero-order chi connectivity index (χ0) is 6.69. The van der Waals surface area contributed by atoms with E-state index in [0.717, 1.165) is 10.2 Å². The minimum atomic E-state index is 0.510. The lowest BCUT2D eigenvalue weighted by atomic mass is 10.3. The Balaban J connectivity index is 3.16. The van der Waals surface area contributed by atoms with Gasteiger partial charge in [-0.2, -0.15) is 0 Å². The van der Waals surface area contributed by atoms with Crippen molar-refractivity contribution < 1.29 is 0 Å². The van der Waals surface area contributed by atoms with Gasteiger partial charge in [0.2, 0.25) is 0 Å². The molecule has 48 valence electrons. The van der Waals surface area contributed by atoms with Gasteiger partial charge in [0.1, 0.15) is 4.64 Å². The first-order valence-electron chi connectivity index (χ1n) is 2.71. The summed E-state index contributed by atoms with van der Waals surface area (Å²) in [5.41, 5.74) is 6.36. The van der Waals surface area contributed by atoms with E-state index >= 15 is 0 Å². The fraction of sp³-hybridized carbons (Fsp3) is 0.167. The molecule has 0 spiro atoms. The average Bonchev–Trinajstić information content (AvgIpc) is 1.89. The molecule has 9 heavy (non-hydrogen) atoms. The monoisotopic (exact) mass is 140 g/mol. The first-order valence-corrected chi connectivity index (χ1v) is 3.12. The fourth-order valence-corrected chi connectivity index (χ4v) is 0.837. The number of H-pyrrole nitrogens is 1. The van der Waals surface area contributed by atoms with Crippen molar-refractivity contribution in [3.63, 3.8) is 0 Å². The van der Waals surface area contributed by atoms with Gasteiger partial charge in [-0.1, -0.05) is 18.3 Å². The molecule has 0 atom stereocenters. The van der Waals surface area contributed by atoms with Gasteiger partial charge in [-0.25, -0.2) is 0 Å². The predicted octanol–water partition coefficient (Wildman–Crippen LogP) is 1.20. The largest absolute Gasteiger partial charge is 0.353 e. The third kappa shape index (κ3) is 1.37. The summed E-state index contributed by atoms with van der Waals surface area (Å²) in [6, 6.07) is 3.80. The summed E-state index contributed by atoms with van der Waals surface area (Å²) in [6.07, 6.45) is 1.79.